The number of hydrogen-bond donors (Lipinski definition) is 2. The Morgan fingerprint density at radius 2 is 1.89 bits per heavy atom. The summed E-state index contributed by atoms with van der Waals surface area (Å²) >= 11 is 0. The highest BCUT2D eigenvalue weighted by Crippen LogP contribution is 2.48. The quantitative estimate of drug-likeness (QED) is 0.844. The van der Waals surface area contributed by atoms with Gasteiger partial charge in [-0.1, -0.05) is 0 Å². The molecule has 5 heteroatoms. The van der Waals surface area contributed by atoms with E-state index in [4.69, 9.17) is 9.47 Å². The number of benzene rings is 1. The number of hydrogen-bond acceptors (Lipinski definition) is 4. The van der Waals surface area contributed by atoms with Gasteiger partial charge in [-0.15, -0.1) is 0 Å². The summed E-state index contributed by atoms with van der Waals surface area (Å²) in [6.07, 6.45) is 0.939. The Labute approximate surface area is 112 Å². The number of rotatable bonds is 2. The minimum absolute atomic E-state index is 0.0257. The highest BCUT2D eigenvalue weighted by atomic mass is 16.5. The molecule has 0 aliphatic carbocycles. The van der Waals surface area contributed by atoms with Gasteiger partial charge in [0.2, 0.25) is 5.91 Å². The molecule has 1 amide bonds. The van der Waals surface area contributed by atoms with E-state index >= 15 is 0 Å². The number of carbonyl (C=O) groups excluding carboxylic acids is 1. The topological polar surface area (TPSA) is 59.6 Å². The minimum atomic E-state index is -0.0257. The molecule has 0 aromatic heterocycles. The van der Waals surface area contributed by atoms with E-state index in [1.54, 1.807) is 14.2 Å². The predicted octanol–water partition coefficient (Wildman–Crippen LogP) is 1.35. The first-order chi connectivity index (χ1) is 9.26. The number of carbonyl (C=O) groups is 1. The molecule has 3 rings (SSSR count). The fraction of sp³-hybridized carbons (Fsp3) is 0.500. The molecule has 0 radical (unpaired) electrons. The molecule has 2 heterocycles. The SMILES string of the molecule is COc1ccc(OC)c2c1NC(=O)C1CNCCC21. The van der Waals surface area contributed by atoms with Crippen molar-refractivity contribution in [2.24, 2.45) is 5.92 Å². The average Bonchev–Trinajstić information content (AvgIpc) is 2.46. The molecule has 0 spiro atoms. The van der Waals surface area contributed by atoms with Crippen LogP contribution in [0.4, 0.5) is 5.69 Å². The summed E-state index contributed by atoms with van der Waals surface area (Å²) < 4.78 is 10.8. The molecule has 2 aliphatic rings. The molecule has 102 valence electrons. The van der Waals surface area contributed by atoms with Crippen molar-refractivity contribution in [2.75, 3.05) is 32.6 Å². The molecule has 1 aromatic carbocycles. The second-order valence-corrected chi connectivity index (χ2v) is 4.95. The van der Waals surface area contributed by atoms with Crippen molar-refractivity contribution in [2.45, 2.75) is 12.3 Å². The highest BCUT2D eigenvalue weighted by molar-refractivity contribution is 5.99. The predicted molar refractivity (Wildman–Crippen MR) is 71.9 cm³/mol. The number of anilines is 1. The standard InChI is InChI=1S/C14H18N2O3/c1-18-10-3-4-11(19-2)13-12(10)8-5-6-15-7-9(8)14(17)16-13/h3-4,8-9,15H,5-7H2,1-2H3,(H,16,17). The van der Waals surface area contributed by atoms with Gasteiger partial charge in [-0.25, -0.2) is 0 Å². The maximum atomic E-state index is 12.2. The highest BCUT2D eigenvalue weighted by Gasteiger charge is 2.40. The van der Waals surface area contributed by atoms with Crippen LogP contribution in [0.2, 0.25) is 0 Å². The molecule has 1 fully saturated rings. The van der Waals surface area contributed by atoms with Gasteiger partial charge in [0, 0.05) is 18.0 Å². The monoisotopic (exact) mass is 262 g/mol. The zero-order chi connectivity index (χ0) is 13.4. The Kier molecular flexibility index (Phi) is 3.06. The van der Waals surface area contributed by atoms with Crippen LogP contribution in [-0.2, 0) is 4.79 Å². The van der Waals surface area contributed by atoms with Gasteiger partial charge in [0.1, 0.15) is 11.5 Å². The number of ether oxygens (including phenoxy) is 2. The maximum absolute atomic E-state index is 12.2. The zero-order valence-electron chi connectivity index (χ0n) is 11.2. The Hall–Kier alpha value is -1.75. The van der Waals surface area contributed by atoms with Gasteiger partial charge >= 0.3 is 0 Å². The largest absolute Gasteiger partial charge is 0.496 e. The fourth-order valence-electron chi connectivity index (χ4n) is 3.12. The molecular formula is C14H18N2O3. The van der Waals surface area contributed by atoms with E-state index in [1.165, 1.54) is 0 Å². The summed E-state index contributed by atoms with van der Waals surface area (Å²) in [5.41, 5.74) is 1.85. The van der Waals surface area contributed by atoms with Crippen LogP contribution in [0.3, 0.4) is 0 Å². The van der Waals surface area contributed by atoms with Gasteiger partial charge in [0.15, 0.2) is 0 Å². The number of amides is 1. The molecule has 19 heavy (non-hydrogen) atoms. The third-order valence-corrected chi connectivity index (χ3v) is 4.04. The Morgan fingerprint density at radius 1 is 1.16 bits per heavy atom. The second-order valence-electron chi connectivity index (χ2n) is 4.95. The van der Waals surface area contributed by atoms with Gasteiger partial charge in [-0.3, -0.25) is 4.79 Å². The van der Waals surface area contributed by atoms with E-state index in [0.717, 1.165) is 36.5 Å². The van der Waals surface area contributed by atoms with Crippen molar-refractivity contribution in [3.8, 4) is 11.5 Å². The summed E-state index contributed by atoms with van der Waals surface area (Å²) in [4.78, 5) is 12.2. The molecule has 1 aromatic rings. The third kappa shape index (κ3) is 1.85. The number of nitrogens with one attached hydrogen (secondary N) is 2. The van der Waals surface area contributed by atoms with Gasteiger partial charge in [-0.05, 0) is 25.1 Å². The molecule has 5 nitrogen and oxygen atoms in total. The minimum Gasteiger partial charge on any atom is -0.496 e. The Morgan fingerprint density at radius 3 is 2.63 bits per heavy atom. The van der Waals surface area contributed by atoms with Crippen molar-refractivity contribution < 1.29 is 14.3 Å². The van der Waals surface area contributed by atoms with E-state index in [9.17, 15) is 4.79 Å². The van der Waals surface area contributed by atoms with Crippen molar-refractivity contribution in [3.63, 3.8) is 0 Å². The summed E-state index contributed by atoms with van der Waals surface area (Å²) in [5.74, 6) is 1.77. The number of fused-ring (bicyclic) bond motifs is 3. The lowest BCUT2D eigenvalue weighted by Gasteiger charge is -2.37. The van der Waals surface area contributed by atoms with E-state index < -0.39 is 0 Å². The van der Waals surface area contributed by atoms with Gasteiger partial charge in [0.25, 0.3) is 0 Å². The second kappa shape index (κ2) is 4.74. The summed E-state index contributed by atoms with van der Waals surface area (Å²) in [5, 5.41) is 6.25. The first kappa shape index (κ1) is 12.3. The van der Waals surface area contributed by atoms with Crippen LogP contribution < -0.4 is 20.1 Å². The van der Waals surface area contributed by atoms with Crippen molar-refractivity contribution >= 4 is 11.6 Å². The van der Waals surface area contributed by atoms with Crippen LogP contribution in [0.1, 0.15) is 17.9 Å². The molecule has 0 bridgehead atoms. The summed E-state index contributed by atoms with van der Waals surface area (Å²) in [6.45, 7) is 1.64. The first-order valence-corrected chi connectivity index (χ1v) is 6.52. The fourth-order valence-corrected chi connectivity index (χ4v) is 3.12. The molecule has 2 unspecified atom stereocenters. The molecular weight excluding hydrogens is 244 g/mol. The smallest absolute Gasteiger partial charge is 0.229 e. The van der Waals surface area contributed by atoms with Gasteiger partial charge < -0.3 is 20.1 Å². The molecule has 1 saturated heterocycles. The molecule has 0 saturated carbocycles. The lowest BCUT2D eigenvalue weighted by molar-refractivity contribution is -0.121. The van der Waals surface area contributed by atoms with Crippen LogP contribution in [0.25, 0.3) is 0 Å². The van der Waals surface area contributed by atoms with Crippen LogP contribution in [-0.4, -0.2) is 33.2 Å². The molecule has 2 atom stereocenters. The third-order valence-electron chi connectivity index (χ3n) is 4.04. The van der Waals surface area contributed by atoms with Crippen LogP contribution in [0.15, 0.2) is 12.1 Å². The van der Waals surface area contributed by atoms with Crippen LogP contribution in [0, 0.1) is 5.92 Å². The van der Waals surface area contributed by atoms with E-state index in [2.05, 4.69) is 10.6 Å². The number of methoxy groups -OCH3 is 2. The van der Waals surface area contributed by atoms with Gasteiger partial charge in [-0.2, -0.15) is 0 Å². The van der Waals surface area contributed by atoms with Crippen molar-refractivity contribution in [1.82, 2.24) is 5.32 Å². The van der Waals surface area contributed by atoms with Crippen molar-refractivity contribution in [1.29, 1.82) is 0 Å². The Bertz CT molecular complexity index is 516. The normalized spacial score (nSPS) is 25.1. The zero-order valence-corrected chi connectivity index (χ0v) is 11.2. The lowest BCUT2D eigenvalue weighted by Crippen LogP contribution is -2.45. The lowest BCUT2D eigenvalue weighted by atomic mass is 9.77. The van der Waals surface area contributed by atoms with Gasteiger partial charge in [0.05, 0.1) is 25.8 Å². The molecule has 2 aliphatic heterocycles. The van der Waals surface area contributed by atoms with E-state index in [1.807, 2.05) is 12.1 Å². The van der Waals surface area contributed by atoms with Crippen molar-refractivity contribution in [3.05, 3.63) is 17.7 Å². The van der Waals surface area contributed by atoms with E-state index in [0.29, 0.717) is 5.75 Å². The summed E-state index contributed by atoms with van der Waals surface area (Å²) in [7, 11) is 3.28. The summed E-state index contributed by atoms with van der Waals surface area (Å²) in [6, 6.07) is 3.74. The Balaban J connectivity index is 2.16. The first-order valence-electron chi connectivity index (χ1n) is 6.52. The number of piperidine rings is 1. The maximum Gasteiger partial charge on any atom is 0.229 e. The molecule has 2 N–H and O–H groups in total. The average molecular weight is 262 g/mol. The van der Waals surface area contributed by atoms with Crippen LogP contribution in [0.5, 0.6) is 11.5 Å². The van der Waals surface area contributed by atoms with E-state index in [-0.39, 0.29) is 17.7 Å². The van der Waals surface area contributed by atoms with Crippen LogP contribution >= 0.6 is 0 Å².